The summed E-state index contributed by atoms with van der Waals surface area (Å²) >= 11 is 0. The summed E-state index contributed by atoms with van der Waals surface area (Å²) in [6, 6.07) is 7.34. The highest BCUT2D eigenvalue weighted by Gasteiger charge is 2.31. The van der Waals surface area contributed by atoms with Crippen molar-refractivity contribution < 1.29 is 4.92 Å². The standard InChI is InChI=1S/C16H22N2O2/c19-18(20)16-9-7-14(8-10-16)17-15-6-5-12-3-1-2-4-13(12)11-15/h7-10,12-13,15,17H,1-6,11H2. The van der Waals surface area contributed by atoms with Gasteiger partial charge in [-0.2, -0.15) is 0 Å². The largest absolute Gasteiger partial charge is 0.382 e. The Morgan fingerprint density at radius 2 is 1.70 bits per heavy atom. The van der Waals surface area contributed by atoms with Gasteiger partial charge in [-0.15, -0.1) is 0 Å². The molecule has 2 fully saturated rings. The second-order valence-corrected chi connectivity index (χ2v) is 6.26. The maximum atomic E-state index is 10.6. The Balaban J connectivity index is 1.59. The van der Waals surface area contributed by atoms with Crippen LogP contribution < -0.4 is 5.32 Å². The second kappa shape index (κ2) is 5.81. The molecule has 2 aliphatic carbocycles. The lowest BCUT2D eigenvalue weighted by Gasteiger charge is -2.39. The fourth-order valence-corrected chi connectivity index (χ4v) is 3.92. The first-order chi connectivity index (χ1) is 9.72. The molecule has 0 amide bonds. The minimum Gasteiger partial charge on any atom is -0.382 e. The molecule has 4 heteroatoms. The van der Waals surface area contributed by atoms with E-state index in [4.69, 9.17) is 0 Å². The maximum absolute atomic E-state index is 10.6. The van der Waals surface area contributed by atoms with Gasteiger partial charge < -0.3 is 5.32 Å². The number of anilines is 1. The van der Waals surface area contributed by atoms with E-state index in [0.717, 1.165) is 17.5 Å². The van der Waals surface area contributed by atoms with Gasteiger partial charge in [0.15, 0.2) is 0 Å². The smallest absolute Gasteiger partial charge is 0.269 e. The Bertz CT molecular complexity index is 472. The van der Waals surface area contributed by atoms with Crippen LogP contribution in [0.3, 0.4) is 0 Å². The van der Waals surface area contributed by atoms with Crippen molar-refractivity contribution in [2.75, 3.05) is 5.32 Å². The first-order valence-corrected chi connectivity index (χ1v) is 7.73. The molecule has 1 aromatic rings. The van der Waals surface area contributed by atoms with Crippen molar-refractivity contribution >= 4 is 11.4 Å². The normalized spacial score (nSPS) is 29.5. The minimum absolute atomic E-state index is 0.159. The lowest BCUT2D eigenvalue weighted by molar-refractivity contribution is -0.384. The SMILES string of the molecule is O=[N+]([O-])c1ccc(NC2CCC3CCCCC3C2)cc1. The van der Waals surface area contributed by atoms with E-state index in [-0.39, 0.29) is 10.6 Å². The predicted molar refractivity (Wildman–Crippen MR) is 79.8 cm³/mol. The highest BCUT2D eigenvalue weighted by atomic mass is 16.6. The first-order valence-electron chi connectivity index (χ1n) is 7.73. The van der Waals surface area contributed by atoms with Crippen LogP contribution in [0.4, 0.5) is 11.4 Å². The molecule has 0 heterocycles. The van der Waals surface area contributed by atoms with Gasteiger partial charge >= 0.3 is 0 Å². The molecule has 0 saturated heterocycles. The zero-order chi connectivity index (χ0) is 13.9. The molecule has 1 aromatic carbocycles. The summed E-state index contributed by atoms with van der Waals surface area (Å²) in [6.45, 7) is 0. The van der Waals surface area contributed by atoms with E-state index >= 15 is 0 Å². The van der Waals surface area contributed by atoms with Gasteiger partial charge in [0.25, 0.3) is 5.69 Å². The molecule has 3 rings (SSSR count). The summed E-state index contributed by atoms with van der Waals surface area (Å²) in [5, 5.41) is 14.2. The van der Waals surface area contributed by atoms with Crippen molar-refractivity contribution in [2.24, 2.45) is 11.8 Å². The average molecular weight is 274 g/mol. The number of hydrogen-bond donors (Lipinski definition) is 1. The Hall–Kier alpha value is -1.58. The number of fused-ring (bicyclic) bond motifs is 1. The monoisotopic (exact) mass is 274 g/mol. The van der Waals surface area contributed by atoms with Crippen LogP contribution in [0.15, 0.2) is 24.3 Å². The molecule has 20 heavy (non-hydrogen) atoms. The minimum atomic E-state index is -0.350. The lowest BCUT2D eigenvalue weighted by Crippen LogP contribution is -2.34. The summed E-state index contributed by atoms with van der Waals surface area (Å²) in [7, 11) is 0. The third kappa shape index (κ3) is 2.94. The molecule has 0 bridgehead atoms. The van der Waals surface area contributed by atoms with Gasteiger partial charge in [-0.1, -0.05) is 25.7 Å². The molecular formula is C16H22N2O2. The fourth-order valence-electron chi connectivity index (χ4n) is 3.92. The molecule has 3 unspecified atom stereocenters. The summed E-state index contributed by atoms with van der Waals surface area (Å²) in [5.41, 5.74) is 1.17. The van der Waals surface area contributed by atoms with Crippen LogP contribution in [0.2, 0.25) is 0 Å². The lowest BCUT2D eigenvalue weighted by atomic mass is 9.69. The van der Waals surface area contributed by atoms with E-state index in [0.29, 0.717) is 6.04 Å². The first kappa shape index (κ1) is 13.4. The topological polar surface area (TPSA) is 55.2 Å². The molecule has 108 valence electrons. The number of rotatable bonds is 3. The van der Waals surface area contributed by atoms with Crippen molar-refractivity contribution in [3.8, 4) is 0 Å². The van der Waals surface area contributed by atoms with Crippen LogP contribution in [0.5, 0.6) is 0 Å². The van der Waals surface area contributed by atoms with Gasteiger partial charge in [0, 0.05) is 23.9 Å². The summed E-state index contributed by atoms with van der Waals surface area (Å²) in [5.74, 6) is 1.85. The Labute approximate surface area is 119 Å². The Morgan fingerprint density at radius 3 is 2.40 bits per heavy atom. The summed E-state index contributed by atoms with van der Waals surface area (Å²) in [6.07, 6.45) is 9.47. The van der Waals surface area contributed by atoms with Crippen LogP contribution in [-0.4, -0.2) is 11.0 Å². The number of nitro benzene ring substituents is 1. The zero-order valence-corrected chi connectivity index (χ0v) is 11.8. The van der Waals surface area contributed by atoms with Crippen LogP contribution in [0, 0.1) is 22.0 Å². The molecule has 0 aliphatic heterocycles. The number of nitrogens with one attached hydrogen (secondary N) is 1. The number of benzene rings is 1. The Kier molecular flexibility index (Phi) is 3.90. The van der Waals surface area contributed by atoms with Gasteiger partial charge in [0.05, 0.1) is 4.92 Å². The molecule has 1 N–H and O–H groups in total. The Morgan fingerprint density at radius 1 is 1.00 bits per heavy atom. The molecule has 4 nitrogen and oxygen atoms in total. The van der Waals surface area contributed by atoms with Crippen molar-refractivity contribution in [1.29, 1.82) is 0 Å². The molecule has 2 saturated carbocycles. The summed E-state index contributed by atoms with van der Waals surface area (Å²) < 4.78 is 0. The fraction of sp³-hybridized carbons (Fsp3) is 0.625. The van der Waals surface area contributed by atoms with Gasteiger partial charge in [-0.3, -0.25) is 10.1 Å². The average Bonchev–Trinajstić information content (AvgIpc) is 2.48. The quantitative estimate of drug-likeness (QED) is 0.658. The highest BCUT2D eigenvalue weighted by Crippen LogP contribution is 2.41. The molecule has 0 radical (unpaired) electrons. The van der Waals surface area contributed by atoms with Gasteiger partial charge in [-0.25, -0.2) is 0 Å². The second-order valence-electron chi connectivity index (χ2n) is 6.26. The van der Waals surface area contributed by atoms with E-state index in [9.17, 15) is 10.1 Å². The van der Waals surface area contributed by atoms with E-state index in [1.165, 1.54) is 44.9 Å². The maximum Gasteiger partial charge on any atom is 0.269 e. The number of hydrogen-bond acceptors (Lipinski definition) is 3. The number of nitro groups is 1. The third-order valence-electron chi connectivity index (χ3n) is 4.99. The van der Waals surface area contributed by atoms with Crippen molar-refractivity contribution in [1.82, 2.24) is 0 Å². The molecule has 2 aliphatic rings. The van der Waals surface area contributed by atoms with Crippen LogP contribution in [0.1, 0.15) is 44.9 Å². The van der Waals surface area contributed by atoms with Crippen LogP contribution >= 0.6 is 0 Å². The molecule has 0 aromatic heterocycles. The summed E-state index contributed by atoms with van der Waals surface area (Å²) in [4.78, 5) is 10.3. The van der Waals surface area contributed by atoms with Crippen molar-refractivity contribution in [2.45, 2.75) is 51.0 Å². The molecule has 0 spiro atoms. The zero-order valence-electron chi connectivity index (χ0n) is 11.8. The van der Waals surface area contributed by atoms with E-state index in [2.05, 4.69) is 5.32 Å². The van der Waals surface area contributed by atoms with Crippen LogP contribution in [-0.2, 0) is 0 Å². The van der Waals surface area contributed by atoms with Gasteiger partial charge in [0.2, 0.25) is 0 Å². The molecular weight excluding hydrogens is 252 g/mol. The number of non-ortho nitro benzene ring substituents is 1. The third-order valence-corrected chi connectivity index (χ3v) is 4.99. The van der Waals surface area contributed by atoms with E-state index in [1.54, 1.807) is 12.1 Å². The van der Waals surface area contributed by atoms with E-state index < -0.39 is 0 Å². The van der Waals surface area contributed by atoms with Crippen molar-refractivity contribution in [3.05, 3.63) is 34.4 Å². The number of nitrogens with zero attached hydrogens (tertiary/aromatic N) is 1. The van der Waals surface area contributed by atoms with Crippen molar-refractivity contribution in [3.63, 3.8) is 0 Å². The van der Waals surface area contributed by atoms with Gasteiger partial charge in [-0.05, 0) is 43.2 Å². The van der Waals surface area contributed by atoms with E-state index in [1.807, 2.05) is 12.1 Å². The highest BCUT2D eigenvalue weighted by molar-refractivity contribution is 5.49. The molecule has 3 atom stereocenters. The van der Waals surface area contributed by atoms with Crippen LogP contribution in [0.25, 0.3) is 0 Å². The van der Waals surface area contributed by atoms with Gasteiger partial charge in [0.1, 0.15) is 0 Å². The predicted octanol–water partition coefficient (Wildman–Crippen LogP) is 4.37.